The van der Waals surface area contributed by atoms with Crippen LogP contribution >= 0.6 is 23.8 Å². The fourth-order valence-corrected chi connectivity index (χ4v) is 3.43. The summed E-state index contributed by atoms with van der Waals surface area (Å²) in [6, 6.07) is 17.5. The lowest BCUT2D eigenvalue weighted by Gasteiger charge is -2.09. The summed E-state index contributed by atoms with van der Waals surface area (Å²) < 4.78 is 16.4. The Kier molecular flexibility index (Phi) is 4.93. The van der Waals surface area contributed by atoms with E-state index in [1.165, 1.54) is 0 Å². The van der Waals surface area contributed by atoms with Crippen molar-refractivity contribution < 1.29 is 18.7 Å². The van der Waals surface area contributed by atoms with Gasteiger partial charge in [-0.15, -0.1) is 0 Å². The van der Waals surface area contributed by atoms with Gasteiger partial charge in [-0.2, -0.15) is 0 Å². The van der Waals surface area contributed by atoms with Crippen LogP contribution in [0, 0.1) is 0 Å². The topological polar surface area (TPSA) is 85.6 Å². The molecule has 1 aromatic heterocycles. The van der Waals surface area contributed by atoms with E-state index in [9.17, 15) is 4.79 Å². The molecule has 0 radical (unpaired) electrons. The highest BCUT2D eigenvalue weighted by molar-refractivity contribution is 7.80. The fraction of sp³-hybridized carbons (Fsp3) is 0.0455. The number of thiocarbonyl (C=S) groups is 1. The first-order valence-electron chi connectivity index (χ1n) is 9.24. The predicted octanol–water partition coefficient (Wildman–Crippen LogP) is 5.00. The number of nitrogens with zero attached hydrogens (tertiary/aromatic N) is 1. The average Bonchev–Trinajstić information content (AvgIpc) is 3.40. The standard InChI is InChI=1S/C22H14ClN3O4S/c23-14-4-1-12(2-5-14)21-25-16-10-15(6-8-17(16)30-21)24-22(31)26-20(27)13-3-7-18-19(9-13)29-11-28-18/h1-10H,11H2,(H2,24,26,27,31). The first-order valence-corrected chi connectivity index (χ1v) is 10.0. The number of carbonyl (C=O) groups is 1. The molecule has 1 aliphatic heterocycles. The quantitative estimate of drug-likeness (QED) is 0.424. The van der Waals surface area contributed by atoms with E-state index in [4.69, 9.17) is 37.7 Å². The van der Waals surface area contributed by atoms with Crippen molar-refractivity contribution in [2.24, 2.45) is 0 Å². The minimum absolute atomic E-state index is 0.143. The van der Waals surface area contributed by atoms with Crippen molar-refractivity contribution in [1.82, 2.24) is 10.3 Å². The van der Waals surface area contributed by atoms with Gasteiger partial charge < -0.3 is 19.2 Å². The van der Waals surface area contributed by atoms with Crippen molar-refractivity contribution in [2.45, 2.75) is 0 Å². The second-order valence-corrected chi connectivity index (χ2v) is 7.53. The molecule has 9 heteroatoms. The number of benzene rings is 3. The van der Waals surface area contributed by atoms with Gasteiger partial charge in [0.2, 0.25) is 12.7 Å². The molecule has 0 aliphatic carbocycles. The molecule has 1 aliphatic rings. The van der Waals surface area contributed by atoms with E-state index in [2.05, 4.69) is 15.6 Å². The zero-order valence-corrected chi connectivity index (χ0v) is 17.4. The molecule has 4 aromatic rings. The van der Waals surface area contributed by atoms with Gasteiger partial charge in [-0.3, -0.25) is 10.1 Å². The van der Waals surface area contributed by atoms with Gasteiger partial charge in [0.05, 0.1) is 0 Å². The van der Waals surface area contributed by atoms with Gasteiger partial charge in [-0.1, -0.05) is 11.6 Å². The molecule has 0 atom stereocenters. The van der Waals surface area contributed by atoms with Gasteiger partial charge in [0.25, 0.3) is 5.91 Å². The van der Waals surface area contributed by atoms with Crippen molar-refractivity contribution in [2.75, 3.05) is 12.1 Å². The van der Waals surface area contributed by atoms with E-state index in [1.54, 1.807) is 48.5 Å². The van der Waals surface area contributed by atoms with Gasteiger partial charge in [-0.05, 0) is 72.9 Å². The number of aromatic nitrogens is 1. The van der Waals surface area contributed by atoms with Crippen LogP contribution in [0.1, 0.15) is 10.4 Å². The highest BCUT2D eigenvalue weighted by Gasteiger charge is 2.17. The Morgan fingerprint density at radius 3 is 2.65 bits per heavy atom. The van der Waals surface area contributed by atoms with Crippen LogP contribution in [0.4, 0.5) is 5.69 Å². The number of hydrogen-bond acceptors (Lipinski definition) is 6. The number of amides is 1. The second-order valence-electron chi connectivity index (χ2n) is 6.68. The number of anilines is 1. The Morgan fingerprint density at radius 1 is 1.00 bits per heavy atom. The van der Waals surface area contributed by atoms with Crippen molar-refractivity contribution in [3.8, 4) is 23.0 Å². The predicted molar refractivity (Wildman–Crippen MR) is 121 cm³/mol. The Morgan fingerprint density at radius 2 is 1.81 bits per heavy atom. The van der Waals surface area contributed by atoms with E-state index in [-0.39, 0.29) is 17.8 Å². The zero-order chi connectivity index (χ0) is 21.4. The molecular formula is C22H14ClN3O4S. The summed E-state index contributed by atoms with van der Waals surface area (Å²) >= 11 is 11.2. The highest BCUT2D eigenvalue weighted by Crippen LogP contribution is 2.32. The lowest BCUT2D eigenvalue weighted by atomic mass is 10.2. The van der Waals surface area contributed by atoms with Gasteiger partial charge >= 0.3 is 0 Å². The third-order valence-electron chi connectivity index (χ3n) is 4.60. The molecular weight excluding hydrogens is 438 g/mol. The number of carbonyl (C=O) groups excluding carboxylic acids is 1. The molecule has 154 valence electrons. The monoisotopic (exact) mass is 451 g/mol. The molecule has 2 N–H and O–H groups in total. The number of hydrogen-bond donors (Lipinski definition) is 2. The molecule has 0 unspecified atom stereocenters. The molecule has 3 aromatic carbocycles. The maximum Gasteiger partial charge on any atom is 0.257 e. The van der Waals surface area contributed by atoms with Crippen LogP contribution in [0.25, 0.3) is 22.6 Å². The normalized spacial score (nSPS) is 12.0. The second kappa shape index (κ2) is 7.90. The lowest BCUT2D eigenvalue weighted by molar-refractivity contribution is 0.0977. The summed E-state index contributed by atoms with van der Waals surface area (Å²) in [4.78, 5) is 17.0. The van der Waals surface area contributed by atoms with Crippen LogP contribution in [-0.4, -0.2) is 22.8 Å². The third kappa shape index (κ3) is 4.03. The summed E-state index contributed by atoms with van der Waals surface area (Å²) in [5.74, 6) is 1.27. The number of nitrogens with one attached hydrogen (secondary N) is 2. The van der Waals surface area contributed by atoms with Crippen LogP contribution in [0.5, 0.6) is 11.5 Å². The summed E-state index contributed by atoms with van der Waals surface area (Å²) in [5, 5.41) is 6.43. The van der Waals surface area contributed by atoms with Crippen molar-refractivity contribution in [1.29, 1.82) is 0 Å². The van der Waals surface area contributed by atoms with Crippen LogP contribution in [0.3, 0.4) is 0 Å². The van der Waals surface area contributed by atoms with E-state index in [0.717, 1.165) is 5.56 Å². The average molecular weight is 452 g/mol. The first kappa shape index (κ1) is 19.3. The van der Waals surface area contributed by atoms with Crippen molar-refractivity contribution in [3.05, 3.63) is 71.2 Å². The number of ether oxygens (including phenoxy) is 2. The highest BCUT2D eigenvalue weighted by atomic mass is 35.5. The Bertz CT molecular complexity index is 1320. The van der Waals surface area contributed by atoms with Crippen molar-refractivity contribution in [3.63, 3.8) is 0 Å². The van der Waals surface area contributed by atoms with Gasteiger partial charge in [-0.25, -0.2) is 4.98 Å². The minimum Gasteiger partial charge on any atom is -0.454 e. The first-order chi connectivity index (χ1) is 15.0. The summed E-state index contributed by atoms with van der Waals surface area (Å²) in [6.45, 7) is 0.143. The minimum atomic E-state index is -0.358. The molecule has 5 rings (SSSR count). The van der Waals surface area contributed by atoms with Crippen LogP contribution in [0.2, 0.25) is 5.02 Å². The molecule has 0 saturated heterocycles. The molecule has 31 heavy (non-hydrogen) atoms. The third-order valence-corrected chi connectivity index (χ3v) is 5.05. The Balaban J connectivity index is 1.29. The molecule has 2 heterocycles. The van der Waals surface area contributed by atoms with Crippen molar-refractivity contribution >= 4 is 51.6 Å². The Hall–Kier alpha value is -3.62. The van der Waals surface area contributed by atoms with Crippen LogP contribution in [-0.2, 0) is 0 Å². The molecule has 1 amide bonds. The maximum atomic E-state index is 12.5. The SMILES string of the molecule is O=C(NC(=S)Nc1ccc2oc(-c3ccc(Cl)cc3)nc2c1)c1ccc2c(c1)OCO2. The summed E-state index contributed by atoms with van der Waals surface area (Å²) in [5.41, 5.74) is 3.18. The lowest BCUT2D eigenvalue weighted by Crippen LogP contribution is -2.34. The van der Waals surface area contributed by atoms with E-state index in [1.807, 2.05) is 12.1 Å². The zero-order valence-electron chi connectivity index (χ0n) is 15.8. The van der Waals surface area contributed by atoms with Gasteiger partial charge in [0, 0.05) is 21.8 Å². The summed E-state index contributed by atoms with van der Waals surface area (Å²) in [6.07, 6.45) is 0. The molecule has 0 saturated carbocycles. The number of rotatable bonds is 3. The van der Waals surface area contributed by atoms with Crippen LogP contribution < -0.4 is 20.1 Å². The largest absolute Gasteiger partial charge is 0.454 e. The van der Waals surface area contributed by atoms with E-state index >= 15 is 0 Å². The van der Waals surface area contributed by atoms with E-state index < -0.39 is 0 Å². The van der Waals surface area contributed by atoms with Gasteiger partial charge in [0.1, 0.15) is 5.52 Å². The Labute approximate surface area is 186 Å². The molecule has 0 fully saturated rings. The van der Waals surface area contributed by atoms with Gasteiger partial charge in [0.15, 0.2) is 22.2 Å². The molecule has 0 bridgehead atoms. The van der Waals surface area contributed by atoms with Crippen LogP contribution in [0.15, 0.2) is 65.1 Å². The maximum absolute atomic E-state index is 12.5. The smallest absolute Gasteiger partial charge is 0.257 e. The molecule has 7 nitrogen and oxygen atoms in total. The fourth-order valence-electron chi connectivity index (χ4n) is 3.10. The number of fused-ring (bicyclic) bond motifs is 2. The van der Waals surface area contributed by atoms with E-state index in [0.29, 0.717) is 44.8 Å². The summed E-state index contributed by atoms with van der Waals surface area (Å²) in [7, 11) is 0. The number of halogens is 1. The number of oxazole rings is 1. The molecule has 0 spiro atoms.